The number of rotatable bonds is 4. The third-order valence-electron chi connectivity index (χ3n) is 3.13. The second-order valence-electron chi connectivity index (χ2n) is 4.42. The van der Waals surface area contributed by atoms with Crippen LogP contribution in [0.3, 0.4) is 0 Å². The summed E-state index contributed by atoms with van der Waals surface area (Å²) >= 11 is 0. The smallest absolute Gasteiger partial charge is 0.0826 e. The molecule has 0 aliphatic heterocycles. The standard InChI is InChI=1S/C15H16N4/c16-11-15-7-4-9-18(15)12-13-8-10-19(17-13)14-5-2-1-3-6-14/h1-10H,11-12,16H2. The van der Waals surface area contributed by atoms with Gasteiger partial charge in [-0.1, -0.05) is 18.2 Å². The van der Waals surface area contributed by atoms with E-state index in [0.717, 1.165) is 23.6 Å². The number of nitrogens with two attached hydrogens (primary N) is 1. The molecular weight excluding hydrogens is 236 g/mol. The molecule has 0 aliphatic rings. The number of para-hydroxylation sites is 1. The topological polar surface area (TPSA) is 48.8 Å². The molecule has 0 radical (unpaired) electrons. The summed E-state index contributed by atoms with van der Waals surface area (Å²) in [6.07, 6.45) is 4.01. The molecule has 0 atom stereocenters. The van der Waals surface area contributed by atoms with E-state index >= 15 is 0 Å². The molecule has 2 aromatic heterocycles. The van der Waals surface area contributed by atoms with E-state index in [9.17, 15) is 0 Å². The third-order valence-corrected chi connectivity index (χ3v) is 3.13. The Balaban J connectivity index is 1.82. The predicted molar refractivity (Wildman–Crippen MR) is 75.0 cm³/mol. The quantitative estimate of drug-likeness (QED) is 0.773. The Kier molecular flexibility index (Phi) is 3.16. The van der Waals surface area contributed by atoms with Gasteiger partial charge in [0.25, 0.3) is 0 Å². The van der Waals surface area contributed by atoms with Crippen molar-refractivity contribution in [2.45, 2.75) is 13.1 Å². The van der Waals surface area contributed by atoms with E-state index in [1.165, 1.54) is 0 Å². The fraction of sp³-hybridized carbons (Fsp3) is 0.133. The predicted octanol–water partition coefficient (Wildman–Crippen LogP) is 2.18. The van der Waals surface area contributed by atoms with Gasteiger partial charge in [-0.15, -0.1) is 0 Å². The molecule has 3 rings (SSSR count). The maximum Gasteiger partial charge on any atom is 0.0826 e. The largest absolute Gasteiger partial charge is 0.344 e. The monoisotopic (exact) mass is 252 g/mol. The summed E-state index contributed by atoms with van der Waals surface area (Å²) in [4.78, 5) is 0. The Morgan fingerprint density at radius 3 is 2.58 bits per heavy atom. The first-order chi connectivity index (χ1) is 9.36. The maximum absolute atomic E-state index is 5.70. The van der Waals surface area contributed by atoms with Crippen molar-refractivity contribution in [3.05, 3.63) is 72.3 Å². The normalized spacial score (nSPS) is 10.8. The van der Waals surface area contributed by atoms with E-state index < -0.39 is 0 Å². The molecular formula is C15H16N4. The van der Waals surface area contributed by atoms with Crippen LogP contribution >= 0.6 is 0 Å². The summed E-state index contributed by atoms with van der Waals surface area (Å²) in [6.45, 7) is 1.30. The van der Waals surface area contributed by atoms with Gasteiger partial charge in [0.15, 0.2) is 0 Å². The van der Waals surface area contributed by atoms with Crippen LogP contribution in [0.2, 0.25) is 0 Å². The molecule has 2 heterocycles. The van der Waals surface area contributed by atoms with Crippen LogP contribution in [0.15, 0.2) is 60.9 Å². The van der Waals surface area contributed by atoms with E-state index in [1.807, 2.05) is 65.6 Å². The van der Waals surface area contributed by atoms with Crippen LogP contribution in [-0.4, -0.2) is 14.3 Å². The van der Waals surface area contributed by atoms with Crippen molar-refractivity contribution in [3.63, 3.8) is 0 Å². The van der Waals surface area contributed by atoms with Gasteiger partial charge in [0.2, 0.25) is 0 Å². The molecule has 0 unspecified atom stereocenters. The Hall–Kier alpha value is -2.33. The average molecular weight is 252 g/mol. The van der Waals surface area contributed by atoms with Crippen LogP contribution < -0.4 is 5.73 Å². The fourth-order valence-electron chi connectivity index (χ4n) is 2.13. The first kappa shape index (κ1) is 11.7. The van der Waals surface area contributed by atoms with Crippen molar-refractivity contribution in [2.24, 2.45) is 5.73 Å². The Bertz CT molecular complexity index is 652. The maximum atomic E-state index is 5.70. The molecule has 19 heavy (non-hydrogen) atoms. The van der Waals surface area contributed by atoms with Gasteiger partial charge in [-0.2, -0.15) is 5.10 Å². The number of hydrogen-bond acceptors (Lipinski definition) is 2. The first-order valence-corrected chi connectivity index (χ1v) is 6.31. The lowest BCUT2D eigenvalue weighted by atomic mass is 10.3. The van der Waals surface area contributed by atoms with Gasteiger partial charge in [0.1, 0.15) is 0 Å². The zero-order chi connectivity index (χ0) is 13.1. The lowest BCUT2D eigenvalue weighted by molar-refractivity contribution is 0.711. The SMILES string of the molecule is NCc1cccn1Cc1ccn(-c2ccccc2)n1. The minimum absolute atomic E-state index is 0.548. The van der Waals surface area contributed by atoms with Crippen molar-refractivity contribution < 1.29 is 0 Å². The van der Waals surface area contributed by atoms with Crippen molar-refractivity contribution in [1.82, 2.24) is 14.3 Å². The Labute approximate surface area is 112 Å². The average Bonchev–Trinajstić information content (AvgIpc) is 3.09. The van der Waals surface area contributed by atoms with E-state index in [0.29, 0.717) is 6.54 Å². The fourth-order valence-corrected chi connectivity index (χ4v) is 2.13. The molecule has 3 aromatic rings. The van der Waals surface area contributed by atoms with Crippen LogP contribution in [0.1, 0.15) is 11.4 Å². The highest BCUT2D eigenvalue weighted by Crippen LogP contribution is 2.09. The molecule has 2 N–H and O–H groups in total. The van der Waals surface area contributed by atoms with Crippen LogP contribution in [0.4, 0.5) is 0 Å². The highest BCUT2D eigenvalue weighted by molar-refractivity contribution is 5.30. The van der Waals surface area contributed by atoms with Gasteiger partial charge >= 0.3 is 0 Å². The molecule has 96 valence electrons. The van der Waals surface area contributed by atoms with Gasteiger partial charge in [0.05, 0.1) is 17.9 Å². The van der Waals surface area contributed by atoms with Crippen LogP contribution in [0, 0.1) is 0 Å². The lowest BCUT2D eigenvalue weighted by Gasteiger charge is -2.05. The summed E-state index contributed by atoms with van der Waals surface area (Å²) < 4.78 is 4.01. The number of nitrogens with zero attached hydrogens (tertiary/aromatic N) is 3. The number of benzene rings is 1. The summed E-state index contributed by atoms with van der Waals surface area (Å²) in [5.41, 5.74) is 8.91. The van der Waals surface area contributed by atoms with Gasteiger partial charge in [-0.3, -0.25) is 0 Å². The molecule has 4 heteroatoms. The van der Waals surface area contributed by atoms with Crippen molar-refractivity contribution in [2.75, 3.05) is 0 Å². The zero-order valence-corrected chi connectivity index (χ0v) is 10.6. The van der Waals surface area contributed by atoms with Crippen LogP contribution in [0.25, 0.3) is 5.69 Å². The minimum atomic E-state index is 0.548. The van der Waals surface area contributed by atoms with Gasteiger partial charge in [-0.05, 0) is 30.3 Å². The van der Waals surface area contributed by atoms with Gasteiger partial charge in [-0.25, -0.2) is 4.68 Å². The van der Waals surface area contributed by atoms with Crippen molar-refractivity contribution in [3.8, 4) is 5.69 Å². The molecule has 0 fully saturated rings. The highest BCUT2D eigenvalue weighted by Gasteiger charge is 2.04. The minimum Gasteiger partial charge on any atom is -0.344 e. The molecule has 4 nitrogen and oxygen atoms in total. The molecule has 0 saturated carbocycles. The molecule has 0 aliphatic carbocycles. The second kappa shape index (κ2) is 5.12. The number of hydrogen-bond donors (Lipinski definition) is 1. The number of aromatic nitrogens is 3. The molecule has 0 bridgehead atoms. The highest BCUT2D eigenvalue weighted by atomic mass is 15.3. The second-order valence-corrected chi connectivity index (χ2v) is 4.42. The van der Waals surface area contributed by atoms with E-state index in [-0.39, 0.29) is 0 Å². The van der Waals surface area contributed by atoms with Crippen molar-refractivity contribution in [1.29, 1.82) is 0 Å². The lowest BCUT2D eigenvalue weighted by Crippen LogP contribution is -2.08. The van der Waals surface area contributed by atoms with Crippen LogP contribution in [0.5, 0.6) is 0 Å². The Morgan fingerprint density at radius 2 is 1.79 bits per heavy atom. The summed E-state index contributed by atoms with van der Waals surface area (Å²) in [6, 6.07) is 16.2. The molecule has 1 aromatic carbocycles. The summed E-state index contributed by atoms with van der Waals surface area (Å²) in [5.74, 6) is 0. The molecule has 0 saturated heterocycles. The van der Waals surface area contributed by atoms with E-state index in [1.54, 1.807) is 0 Å². The van der Waals surface area contributed by atoms with E-state index in [2.05, 4.69) is 9.67 Å². The molecule has 0 spiro atoms. The van der Waals surface area contributed by atoms with Crippen LogP contribution in [-0.2, 0) is 13.1 Å². The van der Waals surface area contributed by atoms with E-state index in [4.69, 9.17) is 5.73 Å². The summed E-state index contributed by atoms with van der Waals surface area (Å²) in [5, 5.41) is 4.59. The van der Waals surface area contributed by atoms with Gasteiger partial charge in [0, 0.05) is 24.6 Å². The molecule has 0 amide bonds. The summed E-state index contributed by atoms with van der Waals surface area (Å²) in [7, 11) is 0. The van der Waals surface area contributed by atoms with Crippen molar-refractivity contribution >= 4 is 0 Å². The van der Waals surface area contributed by atoms with Gasteiger partial charge < -0.3 is 10.3 Å². The third kappa shape index (κ3) is 2.44. The zero-order valence-electron chi connectivity index (χ0n) is 10.6. The Morgan fingerprint density at radius 1 is 0.947 bits per heavy atom. The first-order valence-electron chi connectivity index (χ1n) is 6.31.